The van der Waals surface area contributed by atoms with Gasteiger partial charge in [-0.1, -0.05) is 71.4 Å². The summed E-state index contributed by atoms with van der Waals surface area (Å²) in [7, 11) is 0. The number of amides is 2. The molecule has 2 amide bonds. The summed E-state index contributed by atoms with van der Waals surface area (Å²) in [5.41, 5.74) is 5.46. The molecule has 5 nitrogen and oxygen atoms in total. The standard InChI is InChI=1S/C28H25N3O2S/c1-18-8-12-22(13-9-18)30-26(32)24(17-29)28-31(23-14-10-19(2)11-15-23)27(33)25(34-28)16-21-7-5-4-6-20(21)3/h4-15,25H,16H2,1-3H3,(H,30,32)/b28-24-/t25-/m1/s1. The molecule has 1 heterocycles. The van der Waals surface area contributed by atoms with E-state index in [1.807, 2.05) is 81.4 Å². The predicted octanol–water partition coefficient (Wildman–Crippen LogP) is 5.68. The third-order valence-electron chi connectivity index (χ3n) is 5.77. The van der Waals surface area contributed by atoms with Crippen LogP contribution >= 0.6 is 11.8 Å². The molecule has 0 spiro atoms. The average molecular weight is 468 g/mol. The monoisotopic (exact) mass is 467 g/mol. The molecule has 170 valence electrons. The summed E-state index contributed by atoms with van der Waals surface area (Å²) in [6.07, 6.45) is 0.514. The number of aryl methyl sites for hydroxylation is 3. The van der Waals surface area contributed by atoms with Crippen LogP contribution in [0.15, 0.2) is 83.4 Å². The average Bonchev–Trinajstić information content (AvgIpc) is 3.13. The van der Waals surface area contributed by atoms with E-state index >= 15 is 0 Å². The van der Waals surface area contributed by atoms with Gasteiger partial charge < -0.3 is 5.32 Å². The first-order valence-electron chi connectivity index (χ1n) is 11.0. The van der Waals surface area contributed by atoms with Gasteiger partial charge in [0, 0.05) is 11.4 Å². The molecule has 0 radical (unpaired) electrons. The fourth-order valence-corrected chi connectivity index (χ4v) is 5.08. The van der Waals surface area contributed by atoms with Gasteiger partial charge in [0.2, 0.25) is 5.91 Å². The lowest BCUT2D eigenvalue weighted by atomic mass is 10.0. The molecule has 3 aromatic carbocycles. The molecule has 0 saturated carbocycles. The minimum absolute atomic E-state index is 0.0771. The largest absolute Gasteiger partial charge is 0.321 e. The zero-order valence-corrected chi connectivity index (χ0v) is 20.1. The third kappa shape index (κ3) is 4.90. The Morgan fingerprint density at radius 2 is 1.59 bits per heavy atom. The second kappa shape index (κ2) is 9.98. The van der Waals surface area contributed by atoms with E-state index in [1.165, 1.54) is 16.7 Å². The number of nitrogens with zero attached hydrogens (tertiary/aromatic N) is 2. The number of nitriles is 1. The van der Waals surface area contributed by atoms with E-state index < -0.39 is 11.2 Å². The normalized spacial score (nSPS) is 16.8. The minimum atomic E-state index is -0.532. The maximum atomic E-state index is 13.6. The Balaban J connectivity index is 1.73. The highest BCUT2D eigenvalue weighted by atomic mass is 32.2. The Labute approximate surface area is 204 Å². The first kappa shape index (κ1) is 23.3. The molecule has 34 heavy (non-hydrogen) atoms. The van der Waals surface area contributed by atoms with Crippen LogP contribution in [-0.2, 0) is 16.0 Å². The van der Waals surface area contributed by atoms with Crippen molar-refractivity contribution >= 4 is 35.0 Å². The summed E-state index contributed by atoms with van der Waals surface area (Å²) >= 11 is 1.28. The van der Waals surface area contributed by atoms with Crippen LogP contribution in [0.2, 0.25) is 0 Å². The number of anilines is 2. The molecule has 1 aliphatic heterocycles. The lowest BCUT2D eigenvalue weighted by Crippen LogP contribution is -2.31. The van der Waals surface area contributed by atoms with E-state index in [4.69, 9.17) is 0 Å². The van der Waals surface area contributed by atoms with E-state index in [2.05, 4.69) is 11.4 Å². The first-order valence-corrected chi connectivity index (χ1v) is 11.9. The fourth-order valence-electron chi connectivity index (χ4n) is 3.79. The predicted molar refractivity (Wildman–Crippen MR) is 137 cm³/mol. The fraction of sp³-hybridized carbons (Fsp3) is 0.179. The smallest absolute Gasteiger partial charge is 0.269 e. The van der Waals surface area contributed by atoms with Crippen LogP contribution in [0.1, 0.15) is 22.3 Å². The highest BCUT2D eigenvalue weighted by Crippen LogP contribution is 2.42. The maximum Gasteiger partial charge on any atom is 0.269 e. The summed E-state index contributed by atoms with van der Waals surface area (Å²) in [5, 5.41) is 12.7. The molecule has 1 atom stereocenters. The van der Waals surface area contributed by atoms with Crippen LogP contribution in [0.5, 0.6) is 0 Å². The van der Waals surface area contributed by atoms with Gasteiger partial charge >= 0.3 is 0 Å². The quantitative estimate of drug-likeness (QED) is 0.387. The summed E-state index contributed by atoms with van der Waals surface area (Å²) in [5.74, 6) is -0.668. The molecular formula is C28H25N3O2S. The maximum absolute atomic E-state index is 13.6. The van der Waals surface area contributed by atoms with Gasteiger partial charge in [0.25, 0.3) is 5.91 Å². The summed E-state index contributed by atoms with van der Waals surface area (Å²) in [6, 6.07) is 24.9. The molecule has 0 unspecified atom stereocenters. The van der Waals surface area contributed by atoms with Crippen molar-refractivity contribution in [2.24, 2.45) is 0 Å². The van der Waals surface area contributed by atoms with E-state index in [0.717, 1.165) is 22.3 Å². The molecular weight excluding hydrogens is 442 g/mol. The molecule has 3 aromatic rings. The van der Waals surface area contributed by atoms with Gasteiger partial charge in [0.1, 0.15) is 16.7 Å². The molecule has 6 heteroatoms. The molecule has 0 aliphatic carbocycles. The SMILES string of the molecule is Cc1ccc(NC(=O)/C(C#N)=C2\S[C@H](Cc3ccccc3C)C(=O)N2c2ccc(C)cc2)cc1. The van der Waals surface area contributed by atoms with Crippen molar-refractivity contribution in [2.45, 2.75) is 32.4 Å². The van der Waals surface area contributed by atoms with Gasteiger partial charge in [-0.15, -0.1) is 0 Å². The second-order valence-electron chi connectivity index (χ2n) is 8.36. The second-order valence-corrected chi connectivity index (χ2v) is 9.55. The van der Waals surface area contributed by atoms with Crippen LogP contribution < -0.4 is 10.2 Å². The Bertz CT molecular complexity index is 1300. The van der Waals surface area contributed by atoms with Crippen LogP contribution in [0, 0.1) is 32.1 Å². The minimum Gasteiger partial charge on any atom is -0.321 e. The van der Waals surface area contributed by atoms with Crippen molar-refractivity contribution in [3.8, 4) is 6.07 Å². The van der Waals surface area contributed by atoms with Crippen molar-refractivity contribution < 1.29 is 9.59 Å². The van der Waals surface area contributed by atoms with Gasteiger partial charge in [-0.25, -0.2) is 0 Å². The van der Waals surface area contributed by atoms with Crippen LogP contribution in [0.4, 0.5) is 11.4 Å². The molecule has 0 bridgehead atoms. The van der Waals surface area contributed by atoms with E-state index in [1.54, 1.807) is 12.1 Å². The number of hydrogen-bond acceptors (Lipinski definition) is 4. The summed E-state index contributed by atoms with van der Waals surface area (Å²) < 4.78 is 0. The Morgan fingerprint density at radius 3 is 2.21 bits per heavy atom. The van der Waals surface area contributed by atoms with Crippen molar-refractivity contribution in [3.05, 3.63) is 106 Å². The van der Waals surface area contributed by atoms with Crippen molar-refractivity contribution in [1.29, 1.82) is 5.26 Å². The Hall–Kier alpha value is -3.82. The van der Waals surface area contributed by atoms with Gasteiger partial charge in [-0.3, -0.25) is 14.5 Å². The Kier molecular flexibility index (Phi) is 6.85. The van der Waals surface area contributed by atoms with Crippen LogP contribution in [-0.4, -0.2) is 17.1 Å². The summed E-state index contributed by atoms with van der Waals surface area (Å²) in [4.78, 5) is 28.2. The molecule has 4 rings (SSSR count). The number of nitrogens with one attached hydrogen (secondary N) is 1. The Morgan fingerprint density at radius 1 is 0.971 bits per heavy atom. The van der Waals surface area contributed by atoms with E-state index in [-0.39, 0.29) is 11.5 Å². The van der Waals surface area contributed by atoms with Gasteiger partial charge in [0.05, 0.1) is 5.25 Å². The highest BCUT2D eigenvalue weighted by Gasteiger charge is 2.41. The van der Waals surface area contributed by atoms with Crippen molar-refractivity contribution in [3.63, 3.8) is 0 Å². The van der Waals surface area contributed by atoms with E-state index in [0.29, 0.717) is 22.8 Å². The lowest BCUT2D eigenvalue weighted by molar-refractivity contribution is -0.117. The van der Waals surface area contributed by atoms with E-state index in [9.17, 15) is 14.9 Å². The summed E-state index contributed by atoms with van der Waals surface area (Å²) in [6.45, 7) is 5.95. The number of carbonyl (C=O) groups excluding carboxylic acids is 2. The van der Waals surface area contributed by atoms with Crippen molar-refractivity contribution in [2.75, 3.05) is 10.2 Å². The molecule has 1 N–H and O–H groups in total. The number of benzene rings is 3. The number of rotatable bonds is 5. The van der Waals surface area contributed by atoms with Crippen LogP contribution in [0.25, 0.3) is 0 Å². The molecule has 1 fully saturated rings. The van der Waals surface area contributed by atoms with Gasteiger partial charge in [-0.2, -0.15) is 5.26 Å². The topological polar surface area (TPSA) is 73.2 Å². The third-order valence-corrected chi connectivity index (χ3v) is 7.04. The zero-order valence-electron chi connectivity index (χ0n) is 19.3. The number of thioether (sulfide) groups is 1. The van der Waals surface area contributed by atoms with Gasteiger partial charge in [0.15, 0.2) is 0 Å². The van der Waals surface area contributed by atoms with Gasteiger partial charge in [-0.05, 0) is 62.6 Å². The first-order chi connectivity index (χ1) is 16.4. The molecule has 1 saturated heterocycles. The number of hydrogen-bond donors (Lipinski definition) is 1. The zero-order chi connectivity index (χ0) is 24.2. The number of carbonyl (C=O) groups is 2. The van der Waals surface area contributed by atoms with Crippen LogP contribution in [0.3, 0.4) is 0 Å². The molecule has 1 aliphatic rings. The highest BCUT2D eigenvalue weighted by molar-refractivity contribution is 8.05. The van der Waals surface area contributed by atoms with Crippen molar-refractivity contribution in [1.82, 2.24) is 0 Å². The lowest BCUT2D eigenvalue weighted by Gasteiger charge is -2.19. The molecule has 0 aromatic heterocycles.